The molecule has 0 saturated carbocycles. The summed E-state index contributed by atoms with van der Waals surface area (Å²) in [7, 11) is 0. The molecule has 0 rings (SSSR count). The van der Waals surface area contributed by atoms with Crippen molar-refractivity contribution in [3.63, 3.8) is 0 Å². The van der Waals surface area contributed by atoms with Crippen molar-refractivity contribution in [1.82, 2.24) is 5.06 Å². The molecule has 0 bridgehead atoms. The molecule has 0 aromatic heterocycles. The molecule has 6 heteroatoms. The highest BCUT2D eigenvalue weighted by atomic mass is 16.5. The van der Waals surface area contributed by atoms with Gasteiger partial charge in [-0.25, -0.2) is 5.06 Å². The number of carboxylic acid groups (broad SMARTS) is 1. The highest BCUT2D eigenvalue weighted by Gasteiger charge is 2.10. The minimum absolute atomic E-state index is 0.102. The van der Waals surface area contributed by atoms with E-state index in [9.17, 15) is 9.59 Å². The molecule has 0 spiro atoms. The first-order valence-electron chi connectivity index (χ1n) is 3.47. The van der Waals surface area contributed by atoms with E-state index in [4.69, 9.17) is 16.0 Å². The quantitative estimate of drug-likeness (QED) is 0.274. The van der Waals surface area contributed by atoms with Crippen LogP contribution in [0.15, 0.2) is 0 Å². The molecule has 0 aliphatic carbocycles. The Morgan fingerprint density at radius 1 is 1.67 bits per heavy atom. The van der Waals surface area contributed by atoms with E-state index in [0.717, 1.165) is 0 Å². The summed E-state index contributed by atoms with van der Waals surface area (Å²) in [6.07, 6.45) is 0.856. The predicted octanol–water partition coefficient (Wildman–Crippen LogP) is -0.974. The molecule has 0 aliphatic rings. The van der Waals surface area contributed by atoms with Gasteiger partial charge in [0.25, 0.3) is 0 Å². The molecule has 6 nitrogen and oxygen atoms in total. The Balaban J connectivity index is 3.43. The van der Waals surface area contributed by atoms with Gasteiger partial charge >= 0.3 is 5.97 Å². The molecule has 1 unspecified atom stereocenters. The highest BCUT2D eigenvalue weighted by molar-refractivity contribution is 5.72. The molecule has 12 heavy (non-hydrogen) atoms. The number of carbonyl (C=O) groups excluding carboxylic acids is 1. The van der Waals surface area contributed by atoms with E-state index in [1.165, 1.54) is 0 Å². The lowest BCUT2D eigenvalue weighted by atomic mass is 10.2. The van der Waals surface area contributed by atoms with E-state index in [2.05, 4.69) is 0 Å². The van der Waals surface area contributed by atoms with Crippen LogP contribution in [0.2, 0.25) is 0 Å². The fraction of sp³-hybridized carbons (Fsp3) is 0.667. The Morgan fingerprint density at radius 3 is 2.67 bits per heavy atom. The largest absolute Gasteiger partial charge is 0.480 e. The van der Waals surface area contributed by atoms with E-state index in [1.807, 2.05) is 0 Å². The van der Waals surface area contributed by atoms with Crippen molar-refractivity contribution in [2.24, 2.45) is 5.73 Å². The third-order valence-corrected chi connectivity index (χ3v) is 1.34. The molecule has 0 aromatic rings. The van der Waals surface area contributed by atoms with Crippen molar-refractivity contribution in [3.05, 3.63) is 0 Å². The smallest absolute Gasteiger partial charge is 0.320 e. The number of nitrogens with zero attached hydrogens (tertiary/aromatic N) is 1. The number of hydrogen-bond acceptors (Lipinski definition) is 4. The minimum Gasteiger partial charge on any atom is -0.480 e. The van der Waals surface area contributed by atoms with Gasteiger partial charge in [0.15, 0.2) is 0 Å². The fourth-order valence-corrected chi connectivity index (χ4v) is 0.649. The van der Waals surface area contributed by atoms with Crippen LogP contribution < -0.4 is 5.73 Å². The van der Waals surface area contributed by atoms with Gasteiger partial charge in [-0.2, -0.15) is 0 Å². The van der Waals surface area contributed by atoms with Crippen LogP contribution >= 0.6 is 0 Å². The van der Waals surface area contributed by atoms with Crippen molar-refractivity contribution in [2.75, 3.05) is 6.54 Å². The van der Waals surface area contributed by atoms with Gasteiger partial charge in [0.05, 0.1) is 0 Å². The SMILES string of the molecule is NC(CCCN(O)C=O)C(=O)O. The molecule has 0 fully saturated rings. The molecular formula is C6H12N2O4. The van der Waals surface area contributed by atoms with Gasteiger partial charge < -0.3 is 10.8 Å². The van der Waals surface area contributed by atoms with Gasteiger partial charge in [-0.3, -0.25) is 14.8 Å². The monoisotopic (exact) mass is 176 g/mol. The zero-order chi connectivity index (χ0) is 9.56. The standard InChI is InChI=1S/C6H12N2O4/c7-5(6(10)11)2-1-3-8(12)4-9/h4-5,12H,1-3,7H2,(H,10,11). The molecule has 0 radical (unpaired) electrons. The predicted molar refractivity (Wildman–Crippen MR) is 39.4 cm³/mol. The number of amides is 1. The Morgan fingerprint density at radius 2 is 2.25 bits per heavy atom. The molecule has 70 valence electrons. The zero-order valence-corrected chi connectivity index (χ0v) is 6.51. The number of hydrogen-bond donors (Lipinski definition) is 3. The average molecular weight is 176 g/mol. The Bertz CT molecular complexity index is 162. The Labute approximate surface area is 69.5 Å². The topological polar surface area (TPSA) is 104 Å². The Hall–Kier alpha value is -1.14. The van der Waals surface area contributed by atoms with Crippen LogP contribution in [0, 0.1) is 0 Å². The summed E-state index contributed by atoms with van der Waals surface area (Å²) in [5.41, 5.74) is 5.16. The van der Waals surface area contributed by atoms with E-state index in [0.29, 0.717) is 11.5 Å². The summed E-state index contributed by atoms with van der Waals surface area (Å²) in [5.74, 6) is -1.08. The third-order valence-electron chi connectivity index (χ3n) is 1.34. The lowest BCUT2D eigenvalue weighted by Crippen LogP contribution is -2.31. The first-order valence-corrected chi connectivity index (χ1v) is 3.47. The summed E-state index contributed by atoms with van der Waals surface area (Å²) in [4.78, 5) is 20.0. The van der Waals surface area contributed by atoms with Gasteiger partial charge in [0, 0.05) is 6.54 Å². The summed E-state index contributed by atoms with van der Waals surface area (Å²) in [6, 6.07) is -0.926. The number of hydroxylamine groups is 2. The molecule has 1 atom stereocenters. The minimum atomic E-state index is -1.08. The molecule has 0 aliphatic heterocycles. The summed E-state index contributed by atoms with van der Waals surface area (Å²) in [5, 5.41) is 17.4. The highest BCUT2D eigenvalue weighted by Crippen LogP contribution is 1.95. The number of aliphatic carboxylic acids is 1. The van der Waals surface area contributed by atoms with Crippen LogP contribution in [0.1, 0.15) is 12.8 Å². The fourth-order valence-electron chi connectivity index (χ4n) is 0.649. The van der Waals surface area contributed by atoms with Crippen molar-refractivity contribution < 1.29 is 19.9 Å². The van der Waals surface area contributed by atoms with E-state index < -0.39 is 12.0 Å². The maximum atomic E-state index is 10.2. The summed E-state index contributed by atoms with van der Waals surface area (Å²) >= 11 is 0. The van der Waals surface area contributed by atoms with Crippen LogP contribution in [0.5, 0.6) is 0 Å². The second-order valence-corrected chi connectivity index (χ2v) is 2.36. The van der Waals surface area contributed by atoms with Gasteiger partial charge in [0.2, 0.25) is 6.41 Å². The average Bonchev–Trinajstić information content (AvgIpc) is 2.03. The number of carboxylic acids is 1. The van der Waals surface area contributed by atoms with Crippen LogP contribution in [-0.2, 0) is 9.59 Å². The third kappa shape index (κ3) is 4.64. The molecule has 1 amide bonds. The van der Waals surface area contributed by atoms with Gasteiger partial charge in [-0.1, -0.05) is 0 Å². The van der Waals surface area contributed by atoms with Gasteiger partial charge in [0.1, 0.15) is 6.04 Å². The second-order valence-electron chi connectivity index (χ2n) is 2.36. The van der Waals surface area contributed by atoms with Crippen molar-refractivity contribution in [2.45, 2.75) is 18.9 Å². The Kier molecular flexibility index (Phi) is 4.98. The van der Waals surface area contributed by atoms with Gasteiger partial charge in [-0.05, 0) is 12.8 Å². The molecule has 0 saturated heterocycles. The summed E-state index contributed by atoms with van der Waals surface area (Å²) < 4.78 is 0. The number of nitrogens with two attached hydrogens (primary N) is 1. The van der Waals surface area contributed by atoms with Crippen LogP contribution in [0.3, 0.4) is 0 Å². The molecular weight excluding hydrogens is 164 g/mol. The molecule has 4 N–H and O–H groups in total. The number of rotatable bonds is 6. The van der Waals surface area contributed by atoms with Crippen molar-refractivity contribution in [3.8, 4) is 0 Å². The maximum absolute atomic E-state index is 10.2. The van der Waals surface area contributed by atoms with Crippen molar-refractivity contribution >= 4 is 12.4 Å². The van der Waals surface area contributed by atoms with Crippen LogP contribution in [-0.4, -0.2) is 40.3 Å². The zero-order valence-electron chi connectivity index (χ0n) is 6.51. The van der Waals surface area contributed by atoms with E-state index in [1.54, 1.807) is 0 Å². The summed E-state index contributed by atoms with van der Waals surface area (Å²) in [6.45, 7) is 0.102. The second kappa shape index (κ2) is 5.50. The first kappa shape index (κ1) is 10.9. The van der Waals surface area contributed by atoms with Crippen LogP contribution in [0.25, 0.3) is 0 Å². The van der Waals surface area contributed by atoms with Gasteiger partial charge in [-0.15, -0.1) is 0 Å². The molecule has 0 heterocycles. The maximum Gasteiger partial charge on any atom is 0.320 e. The lowest BCUT2D eigenvalue weighted by Gasteiger charge is -2.09. The normalized spacial score (nSPS) is 12.2. The van der Waals surface area contributed by atoms with E-state index in [-0.39, 0.29) is 19.4 Å². The van der Waals surface area contributed by atoms with Crippen LogP contribution in [0.4, 0.5) is 0 Å². The first-order chi connectivity index (χ1) is 5.57. The van der Waals surface area contributed by atoms with E-state index >= 15 is 0 Å². The molecule has 0 aromatic carbocycles. The lowest BCUT2D eigenvalue weighted by molar-refractivity contribution is -0.150. The number of carbonyl (C=O) groups is 2. The van der Waals surface area contributed by atoms with Crippen molar-refractivity contribution in [1.29, 1.82) is 0 Å².